The van der Waals surface area contributed by atoms with Gasteiger partial charge in [0, 0.05) is 20.6 Å². The van der Waals surface area contributed by atoms with Crippen LogP contribution in [0.4, 0.5) is 0 Å². The van der Waals surface area contributed by atoms with E-state index in [0.717, 1.165) is 19.4 Å². The van der Waals surface area contributed by atoms with Crippen molar-refractivity contribution in [2.45, 2.75) is 56.4 Å². The highest BCUT2D eigenvalue weighted by Crippen LogP contribution is 2.23. The van der Waals surface area contributed by atoms with Crippen LogP contribution in [0.3, 0.4) is 0 Å². The van der Waals surface area contributed by atoms with Crippen molar-refractivity contribution in [3.05, 3.63) is 0 Å². The molecule has 2 atom stereocenters. The predicted octanol–water partition coefficient (Wildman–Crippen LogP) is 0.198. The third-order valence-electron chi connectivity index (χ3n) is 4.70. The number of hydrogen-bond acceptors (Lipinski definition) is 6. The SMILES string of the molecule is CN(C)C(=O)C1CCCN1CCC(N)(CCCCB(O)O)C(=O)O.Cl.Cl. The zero-order valence-electron chi connectivity index (χ0n) is 15.5. The first-order valence-corrected chi connectivity index (χ1v) is 8.51. The highest BCUT2D eigenvalue weighted by atomic mass is 35.5. The van der Waals surface area contributed by atoms with Crippen molar-refractivity contribution in [1.29, 1.82) is 0 Å². The van der Waals surface area contributed by atoms with E-state index in [9.17, 15) is 14.7 Å². The van der Waals surface area contributed by atoms with Gasteiger partial charge in [-0.25, -0.2) is 0 Å². The van der Waals surface area contributed by atoms with E-state index in [2.05, 4.69) is 0 Å². The van der Waals surface area contributed by atoms with Crippen LogP contribution in [-0.2, 0) is 9.59 Å². The van der Waals surface area contributed by atoms with E-state index in [1.165, 1.54) is 0 Å². The van der Waals surface area contributed by atoms with Crippen LogP contribution in [0.25, 0.3) is 0 Å². The van der Waals surface area contributed by atoms with E-state index in [4.69, 9.17) is 15.8 Å². The number of hydrogen-bond donors (Lipinski definition) is 4. The van der Waals surface area contributed by atoms with Crippen LogP contribution in [0.5, 0.6) is 0 Å². The molecule has 1 amide bonds. The first-order valence-electron chi connectivity index (χ1n) is 8.51. The number of carbonyl (C=O) groups is 2. The average molecular weight is 416 g/mol. The van der Waals surface area contributed by atoms with E-state index in [-0.39, 0.29) is 55.9 Å². The van der Waals surface area contributed by atoms with E-state index in [1.54, 1.807) is 19.0 Å². The molecule has 0 aliphatic carbocycles. The summed E-state index contributed by atoms with van der Waals surface area (Å²) in [6.07, 6.45) is 3.48. The van der Waals surface area contributed by atoms with Gasteiger partial charge < -0.3 is 25.8 Å². The summed E-state index contributed by atoms with van der Waals surface area (Å²) in [5, 5.41) is 27.1. The predicted molar refractivity (Wildman–Crippen MR) is 106 cm³/mol. The average Bonchev–Trinajstić information content (AvgIpc) is 2.96. The van der Waals surface area contributed by atoms with Gasteiger partial charge in [0.15, 0.2) is 0 Å². The number of carboxylic acid groups (broad SMARTS) is 1. The summed E-state index contributed by atoms with van der Waals surface area (Å²) in [5.74, 6) is -1.01. The Balaban J connectivity index is 0. The van der Waals surface area contributed by atoms with Crippen LogP contribution in [0.2, 0.25) is 6.32 Å². The number of likely N-dealkylation sites (tertiary alicyclic amines) is 1. The molecule has 1 rings (SSSR count). The molecule has 0 aromatic rings. The van der Waals surface area contributed by atoms with Crippen molar-refractivity contribution >= 4 is 43.8 Å². The standard InChI is InChI=1S/C15H30BN3O5.2ClH/c1-18(2)13(20)12-6-5-10-19(12)11-8-15(17,14(21)22)7-3-4-9-16(23)24;;/h12,23-24H,3-11,17H2,1-2H3,(H,21,22);2*1H. The summed E-state index contributed by atoms with van der Waals surface area (Å²) in [7, 11) is 2.07. The third-order valence-corrected chi connectivity index (χ3v) is 4.70. The molecule has 5 N–H and O–H groups in total. The Labute approximate surface area is 168 Å². The Morgan fingerprint density at radius 2 is 1.85 bits per heavy atom. The molecule has 0 radical (unpaired) electrons. The Morgan fingerprint density at radius 1 is 1.23 bits per heavy atom. The zero-order valence-corrected chi connectivity index (χ0v) is 17.1. The molecule has 8 nitrogen and oxygen atoms in total. The largest absolute Gasteiger partial charge is 0.480 e. The molecule has 1 saturated heterocycles. The molecule has 1 fully saturated rings. The lowest BCUT2D eigenvalue weighted by Crippen LogP contribution is -2.51. The number of carboxylic acids is 1. The lowest BCUT2D eigenvalue weighted by molar-refractivity contribution is -0.144. The Morgan fingerprint density at radius 3 is 2.35 bits per heavy atom. The molecule has 2 unspecified atom stereocenters. The van der Waals surface area contributed by atoms with E-state index >= 15 is 0 Å². The van der Waals surface area contributed by atoms with Crippen LogP contribution < -0.4 is 5.73 Å². The molecule has 0 bridgehead atoms. The quantitative estimate of drug-likeness (QED) is 0.296. The zero-order chi connectivity index (χ0) is 18.3. The van der Waals surface area contributed by atoms with E-state index in [0.29, 0.717) is 19.4 Å². The summed E-state index contributed by atoms with van der Waals surface area (Å²) in [5.41, 5.74) is 4.72. The summed E-state index contributed by atoms with van der Waals surface area (Å²) < 4.78 is 0. The minimum atomic E-state index is -1.37. The number of carbonyl (C=O) groups excluding carboxylic acids is 1. The summed E-state index contributed by atoms with van der Waals surface area (Å²) in [6.45, 7) is 1.24. The fourth-order valence-electron chi connectivity index (χ4n) is 3.12. The molecule has 11 heteroatoms. The molecule has 0 aromatic carbocycles. The highest BCUT2D eigenvalue weighted by Gasteiger charge is 2.37. The lowest BCUT2D eigenvalue weighted by Gasteiger charge is -2.30. The van der Waals surface area contributed by atoms with Gasteiger partial charge in [0.25, 0.3) is 0 Å². The maximum atomic E-state index is 12.2. The first-order chi connectivity index (χ1) is 11.2. The highest BCUT2D eigenvalue weighted by molar-refractivity contribution is 6.40. The second-order valence-electron chi connectivity index (χ2n) is 6.86. The van der Waals surface area contributed by atoms with Crippen molar-refractivity contribution < 1.29 is 24.7 Å². The Hall–Kier alpha value is -0.575. The number of nitrogens with zero attached hydrogens (tertiary/aromatic N) is 2. The molecule has 1 heterocycles. The lowest BCUT2D eigenvalue weighted by atomic mass is 9.81. The van der Waals surface area contributed by atoms with Gasteiger partial charge in [-0.3, -0.25) is 14.5 Å². The Bertz CT molecular complexity index is 446. The topological polar surface area (TPSA) is 127 Å². The second kappa shape index (κ2) is 12.7. The minimum absolute atomic E-state index is 0. The van der Waals surface area contributed by atoms with Crippen LogP contribution in [0, 0.1) is 0 Å². The van der Waals surface area contributed by atoms with Crippen molar-refractivity contribution in [3.8, 4) is 0 Å². The van der Waals surface area contributed by atoms with Crippen molar-refractivity contribution in [1.82, 2.24) is 9.80 Å². The monoisotopic (exact) mass is 415 g/mol. The van der Waals surface area contributed by atoms with Crippen LogP contribution in [-0.4, -0.2) is 82.7 Å². The fourth-order valence-corrected chi connectivity index (χ4v) is 3.12. The number of unbranched alkanes of at least 4 members (excludes halogenated alkanes) is 1. The molecule has 26 heavy (non-hydrogen) atoms. The van der Waals surface area contributed by atoms with E-state index in [1.807, 2.05) is 4.90 Å². The molecule has 0 saturated carbocycles. The number of aliphatic carboxylic acids is 1. The first kappa shape index (κ1) is 27.6. The van der Waals surface area contributed by atoms with Crippen molar-refractivity contribution in [2.24, 2.45) is 5.73 Å². The number of halogens is 2. The summed E-state index contributed by atoms with van der Waals surface area (Å²) in [4.78, 5) is 27.3. The molecule has 0 aromatic heterocycles. The Kier molecular flexibility index (Phi) is 13.6. The molecule has 0 spiro atoms. The molecule has 1 aliphatic rings. The van der Waals surface area contributed by atoms with Gasteiger partial charge in [0.1, 0.15) is 5.54 Å². The minimum Gasteiger partial charge on any atom is -0.480 e. The van der Waals surface area contributed by atoms with Crippen LogP contribution in [0.1, 0.15) is 38.5 Å². The van der Waals surface area contributed by atoms with Gasteiger partial charge in [0.05, 0.1) is 6.04 Å². The van der Waals surface area contributed by atoms with Gasteiger partial charge >= 0.3 is 13.1 Å². The maximum absolute atomic E-state index is 12.2. The van der Waals surface area contributed by atoms with Gasteiger partial charge in [-0.1, -0.05) is 12.8 Å². The van der Waals surface area contributed by atoms with Gasteiger partial charge in [-0.15, -0.1) is 24.8 Å². The number of rotatable bonds is 10. The van der Waals surface area contributed by atoms with Crippen LogP contribution in [0.15, 0.2) is 0 Å². The number of amides is 1. The molecule has 1 aliphatic heterocycles. The van der Waals surface area contributed by atoms with Gasteiger partial charge in [0.2, 0.25) is 5.91 Å². The van der Waals surface area contributed by atoms with Gasteiger partial charge in [-0.2, -0.15) is 0 Å². The van der Waals surface area contributed by atoms with Crippen LogP contribution >= 0.6 is 24.8 Å². The maximum Gasteiger partial charge on any atom is 0.451 e. The summed E-state index contributed by atoms with van der Waals surface area (Å²) >= 11 is 0. The molecular formula is C15H32BCl2N3O5. The smallest absolute Gasteiger partial charge is 0.451 e. The molecule has 154 valence electrons. The third kappa shape index (κ3) is 8.41. The van der Waals surface area contributed by atoms with E-state index < -0.39 is 18.6 Å². The number of nitrogens with two attached hydrogens (primary N) is 1. The van der Waals surface area contributed by atoms with Crippen molar-refractivity contribution in [2.75, 3.05) is 27.2 Å². The van der Waals surface area contributed by atoms with Gasteiger partial charge in [-0.05, 0) is 38.5 Å². The molecular weight excluding hydrogens is 384 g/mol. The second-order valence-corrected chi connectivity index (χ2v) is 6.86. The van der Waals surface area contributed by atoms with Crippen molar-refractivity contribution in [3.63, 3.8) is 0 Å². The number of likely N-dealkylation sites (N-methyl/N-ethyl adjacent to an activating group) is 1. The summed E-state index contributed by atoms with van der Waals surface area (Å²) in [6, 6.07) is -0.192. The fraction of sp³-hybridized carbons (Fsp3) is 0.867. The normalized spacial score (nSPS) is 19.0.